The minimum Gasteiger partial charge on any atom is -0.496 e. The van der Waals surface area contributed by atoms with E-state index in [2.05, 4.69) is 15.9 Å². The molecule has 0 amide bonds. The molecule has 11 heavy (non-hydrogen) atoms. The average Bonchev–Trinajstić information content (AvgIpc) is 2.04. The molecule has 0 N–H and O–H groups in total. The van der Waals surface area contributed by atoms with Crippen molar-refractivity contribution in [1.29, 1.82) is 0 Å². The maximum Gasteiger partial charge on any atom is 0.123 e. The van der Waals surface area contributed by atoms with Crippen LogP contribution in [0.15, 0.2) is 18.2 Å². The van der Waals surface area contributed by atoms with E-state index >= 15 is 0 Å². The van der Waals surface area contributed by atoms with Crippen LogP contribution < -0.4 is 4.74 Å². The summed E-state index contributed by atoms with van der Waals surface area (Å²) >= 11 is 9.12. The molecule has 0 saturated heterocycles. The fraction of sp³-hybridized carbons (Fsp3) is 0.250. The van der Waals surface area contributed by atoms with Crippen molar-refractivity contribution in [3.05, 3.63) is 28.8 Å². The van der Waals surface area contributed by atoms with E-state index in [1.54, 1.807) is 7.11 Å². The van der Waals surface area contributed by atoms with Gasteiger partial charge in [-0.25, -0.2) is 0 Å². The summed E-state index contributed by atoms with van der Waals surface area (Å²) in [6.45, 7) is 0. The largest absolute Gasteiger partial charge is 0.496 e. The number of benzene rings is 1. The highest BCUT2D eigenvalue weighted by Gasteiger charge is 2.00. The molecule has 60 valence electrons. The molecule has 0 saturated carbocycles. The van der Waals surface area contributed by atoms with Gasteiger partial charge in [0.2, 0.25) is 0 Å². The first-order valence-electron chi connectivity index (χ1n) is 3.16. The van der Waals surface area contributed by atoms with Crippen LogP contribution in [0, 0.1) is 0 Å². The highest BCUT2D eigenvalue weighted by atomic mass is 79.9. The van der Waals surface area contributed by atoms with Crippen LogP contribution >= 0.6 is 27.5 Å². The van der Waals surface area contributed by atoms with Crippen LogP contribution in [0.25, 0.3) is 0 Å². The number of ether oxygens (including phenoxy) is 1. The first kappa shape index (κ1) is 8.88. The van der Waals surface area contributed by atoms with Crippen molar-refractivity contribution in [3.63, 3.8) is 0 Å². The van der Waals surface area contributed by atoms with Gasteiger partial charge in [0.05, 0.1) is 7.11 Å². The molecule has 0 heterocycles. The van der Waals surface area contributed by atoms with Gasteiger partial charge in [-0.15, -0.1) is 0 Å². The minimum atomic E-state index is 0.736. The topological polar surface area (TPSA) is 9.23 Å². The third-order valence-electron chi connectivity index (χ3n) is 1.39. The van der Waals surface area contributed by atoms with Gasteiger partial charge in [-0.2, -0.15) is 0 Å². The molecule has 0 aliphatic rings. The predicted molar refractivity (Wildman–Crippen MR) is 50.6 cm³/mol. The zero-order valence-electron chi connectivity index (χ0n) is 6.10. The summed E-state index contributed by atoms with van der Waals surface area (Å²) in [7, 11) is 1.65. The summed E-state index contributed by atoms with van der Waals surface area (Å²) < 4.78 is 5.10. The van der Waals surface area contributed by atoms with Crippen LogP contribution in [0.5, 0.6) is 5.75 Å². The van der Waals surface area contributed by atoms with Crippen molar-refractivity contribution in [3.8, 4) is 5.75 Å². The van der Waals surface area contributed by atoms with Crippen molar-refractivity contribution in [2.45, 2.75) is 5.33 Å². The van der Waals surface area contributed by atoms with Gasteiger partial charge in [-0.3, -0.25) is 0 Å². The molecule has 0 bridgehead atoms. The molecule has 0 aromatic heterocycles. The van der Waals surface area contributed by atoms with E-state index < -0.39 is 0 Å². The summed E-state index contributed by atoms with van der Waals surface area (Å²) in [5.74, 6) is 0.867. The first-order valence-corrected chi connectivity index (χ1v) is 4.66. The number of halogens is 2. The maximum atomic E-state index is 5.78. The third-order valence-corrected chi connectivity index (χ3v) is 2.23. The number of hydrogen-bond donors (Lipinski definition) is 0. The highest BCUT2D eigenvalue weighted by molar-refractivity contribution is 9.08. The van der Waals surface area contributed by atoms with Crippen molar-refractivity contribution in [2.24, 2.45) is 0 Å². The van der Waals surface area contributed by atoms with Crippen LogP contribution in [0.4, 0.5) is 0 Å². The fourth-order valence-electron chi connectivity index (χ4n) is 0.852. The van der Waals surface area contributed by atoms with Crippen LogP contribution in [0.3, 0.4) is 0 Å². The molecule has 1 aromatic carbocycles. The van der Waals surface area contributed by atoms with Crippen LogP contribution in [0.1, 0.15) is 5.56 Å². The normalized spacial score (nSPS) is 9.73. The minimum absolute atomic E-state index is 0.736. The second-order valence-electron chi connectivity index (χ2n) is 2.09. The van der Waals surface area contributed by atoms with Gasteiger partial charge >= 0.3 is 0 Å². The average molecular weight is 236 g/mol. The molecule has 0 aliphatic carbocycles. The summed E-state index contributed by atoms with van der Waals surface area (Å²) in [5, 5.41) is 1.50. The van der Waals surface area contributed by atoms with E-state index in [-0.39, 0.29) is 0 Å². The molecule has 1 rings (SSSR count). The number of hydrogen-bond acceptors (Lipinski definition) is 1. The van der Waals surface area contributed by atoms with Crippen LogP contribution in [-0.4, -0.2) is 7.11 Å². The lowest BCUT2D eigenvalue weighted by molar-refractivity contribution is 0.411. The lowest BCUT2D eigenvalue weighted by Gasteiger charge is -2.04. The number of rotatable bonds is 2. The molecular formula is C8H8BrClO. The second kappa shape index (κ2) is 3.98. The van der Waals surface area contributed by atoms with Gasteiger partial charge in [0.1, 0.15) is 5.75 Å². The van der Waals surface area contributed by atoms with E-state index in [9.17, 15) is 0 Å². The smallest absolute Gasteiger partial charge is 0.123 e. The molecular weight excluding hydrogens is 227 g/mol. The lowest BCUT2D eigenvalue weighted by atomic mass is 10.2. The predicted octanol–water partition coefficient (Wildman–Crippen LogP) is 3.24. The summed E-state index contributed by atoms with van der Waals surface area (Å²) in [4.78, 5) is 0. The monoisotopic (exact) mass is 234 g/mol. The Kier molecular flexibility index (Phi) is 3.21. The first-order chi connectivity index (χ1) is 5.27. The Balaban J connectivity index is 3.06. The Hall–Kier alpha value is -0.210. The van der Waals surface area contributed by atoms with Crippen molar-refractivity contribution in [2.75, 3.05) is 7.11 Å². The van der Waals surface area contributed by atoms with Gasteiger partial charge in [0, 0.05) is 15.9 Å². The third kappa shape index (κ3) is 2.11. The van der Waals surface area contributed by atoms with E-state index in [4.69, 9.17) is 16.3 Å². The van der Waals surface area contributed by atoms with Crippen molar-refractivity contribution < 1.29 is 4.74 Å². The Morgan fingerprint density at radius 1 is 1.55 bits per heavy atom. The summed E-state index contributed by atoms with van der Waals surface area (Å²) in [5.41, 5.74) is 1.07. The Bertz CT molecular complexity index is 250. The molecule has 0 radical (unpaired) electrons. The number of alkyl halides is 1. The molecule has 1 aromatic rings. The Morgan fingerprint density at radius 2 is 2.27 bits per heavy atom. The quantitative estimate of drug-likeness (QED) is 0.715. The van der Waals surface area contributed by atoms with Crippen LogP contribution in [-0.2, 0) is 5.33 Å². The van der Waals surface area contributed by atoms with Gasteiger partial charge < -0.3 is 4.74 Å². The Morgan fingerprint density at radius 3 is 2.82 bits per heavy atom. The molecule has 1 nitrogen and oxygen atoms in total. The van der Waals surface area contributed by atoms with Gasteiger partial charge in [-0.1, -0.05) is 27.5 Å². The highest BCUT2D eigenvalue weighted by Crippen LogP contribution is 2.24. The SMILES string of the molecule is COc1ccc(Cl)cc1CBr. The fourth-order valence-corrected chi connectivity index (χ4v) is 1.48. The van der Waals surface area contributed by atoms with E-state index in [1.807, 2.05) is 18.2 Å². The summed E-state index contributed by atoms with van der Waals surface area (Å²) in [6, 6.07) is 5.56. The molecule has 3 heteroatoms. The van der Waals surface area contributed by atoms with Gasteiger partial charge in [0.25, 0.3) is 0 Å². The van der Waals surface area contributed by atoms with Gasteiger partial charge in [-0.05, 0) is 18.2 Å². The zero-order chi connectivity index (χ0) is 8.27. The Labute approximate surface area is 79.4 Å². The molecule has 0 atom stereocenters. The zero-order valence-corrected chi connectivity index (χ0v) is 8.45. The van der Waals surface area contributed by atoms with Crippen molar-refractivity contribution >= 4 is 27.5 Å². The standard InChI is InChI=1S/C8H8BrClO/c1-11-8-3-2-7(10)4-6(8)5-9/h2-4H,5H2,1H3. The van der Waals surface area contributed by atoms with E-state index in [0.717, 1.165) is 21.7 Å². The molecule has 0 spiro atoms. The van der Waals surface area contributed by atoms with Crippen molar-refractivity contribution in [1.82, 2.24) is 0 Å². The second-order valence-corrected chi connectivity index (χ2v) is 3.09. The maximum absolute atomic E-state index is 5.78. The lowest BCUT2D eigenvalue weighted by Crippen LogP contribution is -1.88. The number of methoxy groups -OCH3 is 1. The summed E-state index contributed by atoms with van der Waals surface area (Å²) in [6.07, 6.45) is 0. The molecule has 0 aliphatic heterocycles. The van der Waals surface area contributed by atoms with E-state index in [1.165, 1.54) is 0 Å². The van der Waals surface area contributed by atoms with Gasteiger partial charge in [0.15, 0.2) is 0 Å². The van der Waals surface area contributed by atoms with Crippen LogP contribution in [0.2, 0.25) is 5.02 Å². The molecule has 0 unspecified atom stereocenters. The molecule has 0 fully saturated rings. The van der Waals surface area contributed by atoms with E-state index in [0.29, 0.717) is 0 Å².